The van der Waals surface area contributed by atoms with Gasteiger partial charge in [-0.25, -0.2) is 22.0 Å². The summed E-state index contributed by atoms with van der Waals surface area (Å²) in [5, 5.41) is 0. The Morgan fingerprint density at radius 3 is 1.21 bits per heavy atom. The molecule has 0 atom stereocenters. The van der Waals surface area contributed by atoms with Crippen LogP contribution in [-0.4, -0.2) is 11.8 Å². The lowest BCUT2D eigenvalue weighted by atomic mass is 10.0. The van der Waals surface area contributed by atoms with Crippen molar-refractivity contribution in [3.8, 4) is 0 Å². The maximum Gasteiger partial charge on any atom is 0.357 e. The van der Waals surface area contributed by atoms with Crippen LogP contribution in [0.15, 0.2) is 0 Å². The minimum Gasteiger partial charge on any atom is -0.224 e. The molecule has 2 rings (SSSR count). The van der Waals surface area contributed by atoms with Gasteiger partial charge in [0.05, 0.1) is 5.56 Å². The first-order valence-corrected chi connectivity index (χ1v) is 4.70. The number of alkyl halides is 5. The van der Waals surface area contributed by atoms with Crippen molar-refractivity contribution in [1.29, 1.82) is 0 Å². The van der Waals surface area contributed by atoms with Crippen molar-refractivity contribution in [2.24, 2.45) is 0 Å². The molecule has 9 heteroatoms. The van der Waals surface area contributed by atoms with Crippen molar-refractivity contribution in [3.63, 3.8) is 0 Å². The molecular formula is C10H3F9. The van der Waals surface area contributed by atoms with Gasteiger partial charge in [-0.3, -0.25) is 0 Å². The summed E-state index contributed by atoms with van der Waals surface area (Å²) >= 11 is 0. The average Bonchev–Trinajstić information content (AvgIpc) is 2.62. The predicted molar refractivity (Wildman–Crippen MR) is 43.7 cm³/mol. The van der Waals surface area contributed by atoms with Gasteiger partial charge in [0.1, 0.15) is 0 Å². The van der Waals surface area contributed by atoms with Crippen molar-refractivity contribution in [2.45, 2.75) is 24.4 Å². The maximum atomic E-state index is 13.5. The zero-order valence-corrected chi connectivity index (χ0v) is 8.90. The molecule has 1 fully saturated rings. The van der Waals surface area contributed by atoms with Crippen molar-refractivity contribution < 1.29 is 39.5 Å². The van der Waals surface area contributed by atoms with Crippen molar-refractivity contribution in [1.82, 2.24) is 0 Å². The quantitative estimate of drug-likeness (QED) is 0.542. The number of hydrogen-bond acceptors (Lipinski definition) is 0. The Morgan fingerprint density at radius 1 is 0.632 bits per heavy atom. The summed E-state index contributed by atoms with van der Waals surface area (Å²) in [7, 11) is 0. The fourth-order valence-electron chi connectivity index (χ4n) is 1.74. The molecule has 0 aromatic heterocycles. The van der Waals surface area contributed by atoms with E-state index < -0.39 is 51.9 Å². The summed E-state index contributed by atoms with van der Waals surface area (Å²) in [6, 6.07) is 0. The highest BCUT2D eigenvalue weighted by atomic mass is 19.3. The molecule has 0 spiro atoms. The van der Waals surface area contributed by atoms with Gasteiger partial charge < -0.3 is 0 Å². The highest BCUT2D eigenvalue weighted by Crippen LogP contribution is 2.74. The number of hydrogen-bond donors (Lipinski definition) is 0. The minimum atomic E-state index is -5.45. The van der Waals surface area contributed by atoms with Crippen LogP contribution in [0.1, 0.15) is 11.1 Å². The fraction of sp³-hybridized carbons (Fsp3) is 0.400. The van der Waals surface area contributed by atoms with Gasteiger partial charge in [0.15, 0.2) is 23.3 Å². The highest BCUT2D eigenvalue weighted by Gasteiger charge is 3.00. The summed E-state index contributed by atoms with van der Waals surface area (Å²) < 4.78 is 117. The molecule has 0 N–H and O–H groups in total. The molecule has 0 nitrogen and oxygen atoms in total. The van der Waals surface area contributed by atoms with Gasteiger partial charge in [-0.05, 0) is 6.92 Å². The summed E-state index contributed by atoms with van der Waals surface area (Å²) in [4.78, 5) is 0. The van der Waals surface area contributed by atoms with Gasteiger partial charge in [0, 0.05) is 5.56 Å². The molecule has 0 radical (unpaired) electrons. The van der Waals surface area contributed by atoms with E-state index in [2.05, 4.69) is 0 Å². The Bertz CT molecular complexity index is 532. The van der Waals surface area contributed by atoms with E-state index in [0.29, 0.717) is 6.92 Å². The third-order valence-electron chi connectivity index (χ3n) is 3.02. The molecule has 0 amide bonds. The number of halogens is 9. The van der Waals surface area contributed by atoms with E-state index in [1.54, 1.807) is 0 Å². The second kappa shape index (κ2) is 3.37. The first-order valence-electron chi connectivity index (χ1n) is 4.70. The normalized spacial score (nSPS) is 22.4. The molecule has 1 aliphatic rings. The molecule has 0 heterocycles. The van der Waals surface area contributed by atoms with Gasteiger partial charge in [-0.2, -0.15) is 17.6 Å². The molecule has 0 bridgehead atoms. The summed E-state index contributed by atoms with van der Waals surface area (Å²) in [5.41, 5.74) is -9.01. The molecule has 106 valence electrons. The average molecular weight is 294 g/mol. The van der Waals surface area contributed by atoms with E-state index in [-0.39, 0.29) is 0 Å². The molecule has 0 unspecified atom stereocenters. The first-order chi connectivity index (χ1) is 8.43. The Labute approximate surface area is 99.4 Å². The standard InChI is InChI=1S/C10H3F9/c1-2-4(11)6(13)3(7(14)5(2)12)8(15)9(16,17)10(8,18)19/h1H3. The third kappa shape index (κ3) is 1.23. The van der Waals surface area contributed by atoms with Gasteiger partial charge in [0.2, 0.25) is 0 Å². The molecule has 1 aliphatic carbocycles. The van der Waals surface area contributed by atoms with Crippen LogP contribution >= 0.6 is 0 Å². The highest BCUT2D eigenvalue weighted by molar-refractivity contribution is 5.45. The van der Waals surface area contributed by atoms with Gasteiger partial charge in [-0.15, -0.1) is 0 Å². The smallest absolute Gasteiger partial charge is 0.224 e. The molecular weight excluding hydrogens is 291 g/mol. The van der Waals surface area contributed by atoms with Crippen LogP contribution in [-0.2, 0) is 5.67 Å². The van der Waals surface area contributed by atoms with Crippen LogP contribution in [0, 0.1) is 30.2 Å². The van der Waals surface area contributed by atoms with E-state index in [1.807, 2.05) is 0 Å². The molecule has 1 aromatic carbocycles. The Kier molecular flexibility index (Phi) is 2.48. The molecule has 0 aliphatic heterocycles. The van der Waals surface area contributed by atoms with Gasteiger partial charge in [0.25, 0.3) is 5.67 Å². The number of benzene rings is 1. The SMILES string of the molecule is Cc1c(F)c(F)c(C2(F)C(F)(F)C2(F)F)c(F)c1F. The van der Waals surface area contributed by atoms with Gasteiger partial charge >= 0.3 is 11.8 Å². The zero-order valence-electron chi connectivity index (χ0n) is 8.90. The Balaban J connectivity index is 2.81. The topological polar surface area (TPSA) is 0 Å². The van der Waals surface area contributed by atoms with Crippen LogP contribution in [0.5, 0.6) is 0 Å². The zero-order chi connectivity index (χ0) is 15.0. The molecule has 1 saturated carbocycles. The second-order valence-electron chi connectivity index (χ2n) is 4.06. The number of rotatable bonds is 1. The summed E-state index contributed by atoms with van der Waals surface area (Å²) in [5.74, 6) is -20.5. The lowest BCUT2D eigenvalue weighted by Crippen LogP contribution is -2.19. The van der Waals surface area contributed by atoms with E-state index >= 15 is 0 Å². The van der Waals surface area contributed by atoms with Crippen LogP contribution in [0.3, 0.4) is 0 Å². The van der Waals surface area contributed by atoms with Crippen LogP contribution in [0.2, 0.25) is 0 Å². The largest absolute Gasteiger partial charge is 0.357 e. The van der Waals surface area contributed by atoms with E-state index in [1.165, 1.54) is 0 Å². The first kappa shape index (κ1) is 14.0. The van der Waals surface area contributed by atoms with E-state index in [0.717, 1.165) is 0 Å². The minimum absolute atomic E-state index is 0.536. The van der Waals surface area contributed by atoms with Crippen molar-refractivity contribution in [3.05, 3.63) is 34.4 Å². The Morgan fingerprint density at radius 2 is 0.947 bits per heavy atom. The third-order valence-corrected chi connectivity index (χ3v) is 3.02. The van der Waals surface area contributed by atoms with Crippen molar-refractivity contribution >= 4 is 0 Å². The lowest BCUT2D eigenvalue weighted by molar-refractivity contribution is -0.0278. The van der Waals surface area contributed by atoms with E-state index in [4.69, 9.17) is 0 Å². The van der Waals surface area contributed by atoms with Crippen LogP contribution in [0.25, 0.3) is 0 Å². The Hall–Kier alpha value is -1.41. The van der Waals surface area contributed by atoms with Crippen molar-refractivity contribution in [2.75, 3.05) is 0 Å². The summed E-state index contributed by atoms with van der Waals surface area (Å²) in [6.07, 6.45) is 0. The molecule has 0 saturated heterocycles. The monoisotopic (exact) mass is 294 g/mol. The van der Waals surface area contributed by atoms with Crippen LogP contribution < -0.4 is 0 Å². The molecule has 19 heavy (non-hydrogen) atoms. The van der Waals surface area contributed by atoms with Crippen LogP contribution in [0.4, 0.5) is 39.5 Å². The lowest BCUT2D eigenvalue weighted by Gasteiger charge is -2.12. The maximum absolute atomic E-state index is 13.5. The summed E-state index contributed by atoms with van der Waals surface area (Å²) in [6.45, 7) is 0.536. The second-order valence-corrected chi connectivity index (χ2v) is 4.06. The van der Waals surface area contributed by atoms with Gasteiger partial charge in [-0.1, -0.05) is 0 Å². The predicted octanol–water partition coefficient (Wildman–Crippen LogP) is 4.00. The van der Waals surface area contributed by atoms with E-state index in [9.17, 15) is 39.5 Å². The fourth-order valence-corrected chi connectivity index (χ4v) is 1.74. The molecule has 1 aromatic rings.